The maximum atomic E-state index is 6.31. The number of fused-ring (bicyclic) bond motifs is 1. The lowest BCUT2D eigenvalue weighted by Crippen LogP contribution is -2.40. The molecule has 0 saturated carbocycles. The molecule has 0 aromatic heterocycles. The number of hydrogen-bond acceptors (Lipinski definition) is 2. The molecule has 1 heterocycles. The largest absolute Gasteiger partial charge is 0.487 e. The number of nitrogens with two attached hydrogens (primary N) is 1. The molecule has 1 aromatic carbocycles. The van der Waals surface area contributed by atoms with Crippen LogP contribution in [-0.2, 0) is 0 Å². The minimum absolute atomic E-state index is 0.0908. The van der Waals surface area contributed by atoms with Crippen molar-refractivity contribution in [1.29, 1.82) is 0 Å². The van der Waals surface area contributed by atoms with Crippen molar-refractivity contribution in [2.75, 3.05) is 0 Å². The van der Waals surface area contributed by atoms with Gasteiger partial charge in [-0.1, -0.05) is 48.2 Å². The van der Waals surface area contributed by atoms with Gasteiger partial charge in [-0.2, -0.15) is 0 Å². The zero-order valence-electron chi connectivity index (χ0n) is 11.9. The van der Waals surface area contributed by atoms with Crippen molar-refractivity contribution in [3.05, 3.63) is 28.2 Å². The topological polar surface area (TPSA) is 35.2 Å². The smallest absolute Gasteiger partial charge is 0.126 e. The zero-order valence-corrected chi connectivity index (χ0v) is 13.5. The van der Waals surface area contributed by atoms with E-state index in [2.05, 4.69) is 35.8 Å². The normalized spacial score (nSPS) is 25.8. The molecule has 1 aromatic rings. The molecule has 0 radical (unpaired) electrons. The molecule has 19 heavy (non-hydrogen) atoms. The van der Waals surface area contributed by atoms with Crippen molar-refractivity contribution in [1.82, 2.24) is 0 Å². The molecule has 2 atom stereocenters. The van der Waals surface area contributed by atoms with Crippen LogP contribution in [0.25, 0.3) is 0 Å². The van der Waals surface area contributed by atoms with E-state index in [1.165, 1.54) is 25.7 Å². The van der Waals surface area contributed by atoms with Gasteiger partial charge in [-0.3, -0.25) is 0 Å². The first kappa shape index (κ1) is 14.9. The Morgan fingerprint density at radius 3 is 2.89 bits per heavy atom. The molecule has 3 heteroatoms. The van der Waals surface area contributed by atoms with Crippen LogP contribution < -0.4 is 10.5 Å². The fraction of sp³-hybridized carbons (Fsp3) is 0.625. The lowest BCUT2D eigenvalue weighted by molar-refractivity contribution is 0.0429. The molecule has 0 fully saturated rings. The van der Waals surface area contributed by atoms with Crippen LogP contribution >= 0.6 is 15.9 Å². The number of halogens is 1. The molecule has 2 N–H and O–H groups in total. The molecule has 1 unspecified atom stereocenters. The SMILES string of the molecule is CCCCCCC1(C)C[C@H](N)c2ccc(Br)cc2O1. The number of unbranched alkanes of at least 4 members (excludes halogenated alkanes) is 3. The summed E-state index contributed by atoms with van der Waals surface area (Å²) < 4.78 is 7.29. The summed E-state index contributed by atoms with van der Waals surface area (Å²) in [6.45, 7) is 4.44. The van der Waals surface area contributed by atoms with Crippen LogP contribution in [0, 0.1) is 0 Å². The predicted molar refractivity (Wildman–Crippen MR) is 83.5 cm³/mol. The maximum Gasteiger partial charge on any atom is 0.126 e. The average Bonchev–Trinajstić information content (AvgIpc) is 2.34. The number of rotatable bonds is 5. The van der Waals surface area contributed by atoms with Gasteiger partial charge in [0.05, 0.1) is 0 Å². The van der Waals surface area contributed by atoms with Gasteiger partial charge in [0.15, 0.2) is 0 Å². The Bertz CT molecular complexity index is 435. The minimum Gasteiger partial charge on any atom is -0.487 e. The Hall–Kier alpha value is -0.540. The van der Waals surface area contributed by atoms with Gasteiger partial charge in [0.25, 0.3) is 0 Å². The van der Waals surface area contributed by atoms with Gasteiger partial charge in [-0.15, -0.1) is 0 Å². The summed E-state index contributed by atoms with van der Waals surface area (Å²) in [4.78, 5) is 0. The summed E-state index contributed by atoms with van der Waals surface area (Å²) in [5.41, 5.74) is 7.33. The van der Waals surface area contributed by atoms with E-state index in [-0.39, 0.29) is 11.6 Å². The van der Waals surface area contributed by atoms with E-state index in [1.54, 1.807) is 0 Å². The van der Waals surface area contributed by atoms with Gasteiger partial charge in [-0.25, -0.2) is 0 Å². The molecule has 0 spiro atoms. The van der Waals surface area contributed by atoms with Crippen LogP contribution in [0.4, 0.5) is 0 Å². The third-order valence-corrected chi connectivity index (χ3v) is 4.44. The van der Waals surface area contributed by atoms with Crippen molar-refractivity contribution >= 4 is 15.9 Å². The van der Waals surface area contributed by atoms with Crippen LogP contribution in [0.5, 0.6) is 5.75 Å². The Morgan fingerprint density at radius 2 is 2.16 bits per heavy atom. The molecular formula is C16H24BrNO. The predicted octanol–water partition coefficient (Wildman–Crippen LogP) is 4.96. The van der Waals surface area contributed by atoms with E-state index < -0.39 is 0 Å². The Kier molecular flexibility index (Phi) is 4.91. The Morgan fingerprint density at radius 1 is 1.37 bits per heavy atom. The number of hydrogen-bond donors (Lipinski definition) is 1. The van der Waals surface area contributed by atoms with E-state index in [9.17, 15) is 0 Å². The second-order valence-electron chi connectivity index (χ2n) is 5.86. The number of benzene rings is 1. The van der Waals surface area contributed by atoms with E-state index >= 15 is 0 Å². The van der Waals surface area contributed by atoms with Gasteiger partial charge in [0.1, 0.15) is 11.4 Å². The summed E-state index contributed by atoms with van der Waals surface area (Å²) in [5, 5.41) is 0. The van der Waals surface area contributed by atoms with Crippen LogP contribution in [-0.4, -0.2) is 5.60 Å². The van der Waals surface area contributed by atoms with Crippen LogP contribution in [0.15, 0.2) is 22.7 Å². The van der Waals surface area contributed by atoms with Gasteiger partial charge in [0.2, 0.25) is 0 Å². The van der Waals surface area contributed by atoms with E-state index in [0.717, 1.165) is 28.6 Å². The Labute approximate surface area is 124 Å². The van der Waals surface area contributed by atoms with Crippen molar-refractivity contribution in [3.63, 3.8) is 0 Å². The summed E-state index contributed by atoms with van der Waals surface area (Å²) in [7, 11) is 0. The van der Waals surface area contributed by atoms with Crippen LogP contribution in [0.3, 0.4) is 0 Å². The van der Waals surface area contributed by atoms with Crippen LogP contribution in [0.1, 0.15) is 64.0 Å². The zero-order chi connectivity index (χ0) is 13.9. The first-order chi connectivity index (χ1) is 9.04. The lowest BCUT2D eigenvalue weighted by Gasteiger charge is -2.39. The molecule has 1 aliphatic rings. The molecule has 2 nitrogen and oxygen atoms in total. The second kappa shape index (κ2) is 6.27. The van der Waals surface area contributed by atoms with Crippen molar-refractivity contribution in [2.24, 2.45) is 5.73 Å². The summed E-state index contributed by atoms with van der Waals surface area (Å²) in [6.07, 6.45) is 7.09. The Balaban J connectivity index is 2.05. The highest BCUT2D eigenvalue weighted by Gasteiger charge is 2.35. The third kappa shape index (κ3) is 3.73. The molecule has 0 bridgehead atoms. The van der Waals surface area contributed by atoms with Gasteiger partial charge < -0.3 is 10.5 Å². The maximum absolute atomic E-state index is 6.31. The standard InChI is InChI=1S/C16H24BrNO/c1-3-4-5-6-9-16(2)11-14(18)13-8-7-12(17)10-15(13)19-16/h7-8,10,14H,3-6,9,11,18H2,1-2H3/t14-,16?/m0/s1. The molecule has 0 saturated heterocycles. The monoisotopic (exact) mass is 325 g/mol. The van der Waals surface area contributed by atoms with Gasteiger partial charge in [0, 0.05) is 22.5 Å². The van der Waals surface area contributed by atoms with E-state index in [1.807, 2.05) is 12.1 Å². The van der Waals surface area contributed by atoms with Crippen molar-refractivity contribution in [2.45, 2.75) is 64.0 Å². The highest BCUT2D eigenvalue weighted by atomic mass is 79.9. The molecule has 2 rings (SSSR count). The molecule has 106 valence electrons. The van der Waals surface area contributed by atoms with Crippen molar-refractivity contribution in [3.8, 4) is 5.75 Å². The average molecular weight is 326 g/mol. The van der Waals surface area contributed by atoms with Crippen molar-refractivity contribution < 1.29 is 4.74 Å². The lowest BCUT2D eigenvalue weighted by atomic mass is 9.85. The quantitative estimate of drug-likeness (QED) is 0.776. The fourth-order valence-electron chi connectivity index (χ4n) is 2.86. The first-order valence-corrected chi connectivity index (χ1v) is 8.07. The van der Waals surface area contributed by atoms with E-state index in [4.69, 9.17) is 10.5 Å². The third-order valence-electron chi connectivity index (χ3n) is 3.94. The van der Waals surface area contributed by atoms with E-state index in [0.29, 0.717) is 0 Å². The minimum atomic E-state index is -0.110. The summed E-state index contributed by atoms with van der Waals surface area (Å²) in [6, 6.07) is 6.23. The number of ether oxygens (including phenoxy) is 1. The molecule has 1 aliphatic heterocycles. The highest BCUT2D eigenvalue weighted by Crippen LogP contribution is 2.41. The van der Waals surface area contributed by atoms with Gasteiger partial charge in [-0.05, 0) is 31.9 Å². The van der Waals surface area contributed by atoms with Crippen LogP contribution in [0.2, 0.25) is 0 Å². The second-order valence-corrected chi connectivity index (χ2v) is 6.77. The van der Waals surface area contributed by atoms with Gasteiger partial charge >= 0.3 is 0 Å². The molecule has 0 aliphatic carbocycles. The molecule has 0 amide bonds. The molecular weight excluding hydrogens is 302 g/mol. The summed E-state index contributed by atoms with van der Waals surface area (Å²) in [5.74, 6) is 0.950. The first-order valence-electron chi connectivity index (χ1n) is 7.28. The fourth-order valence-corrected chi connectivity index (χ4v) is 3.20. The summed E-state index contributed by atoms with van der Waals surface area (Å²) >= 11 is 3.50. The highest BCUT2D eigenvalue weighted by molar-refractivity contribution is 9.10.